The summed E-state index contributed by atoms with van der Waals surface area (Å²) in [6.07, 6.45) is 1.32. The fourth-order valence-electron chi connectivity index (χ4n) is 2.37. The van der Waals surface area contributed by atoms with E-state index in [1.165, 1.54) is 0 Å². The molecule has 0 aliphatic carbocycles. The van der Waals surface area contributed by atoms with Gasteiger partial charge in [0.25, 0.3) is 0 Å². The lowest BCUT2D eigenvalue weighted by molar-refractivity contribution is -0.138. The minimum Gasteiger partial charge on any atom is -0.380 e. The lowest BCUT2D eigenvalue weighted by Gasteiger charge is -2.34. The van der Waals surface area contributed by atoms with Gasteiger partial charge in [0.1, 0.15) is 6.04 Å². The van der Waals surface area contributed by atoms with Crippen molar-refractivity contribution < 1.29 is 14.3 Å². The van der Waals surface area contributed by atoms with Crippen molar-refractivity contribution in [3.63, 3.8) is 0 Å². The van der Waals surface area contributed by atoms with E-state index in [0.717, 1.165) is 6.42 Å². The van der Waals surface area contributed by atoms with Gasteiger partial charge >= 0.3 is 0 Å². The minimum absolute atomic E-state index is 0.00375. The Balaban J connectivity index is 2.78. The zero-order chi connectivity index (χ0) is 15.3. The van der Waals surface area contributed by atoms with Crippen molar-refractivity contribution in [2.75, 3.05) is 19.8 Å². The van der Waals surface area contributed by atoms with E-state index >= 15 is 0 Å². The van der Waals surface area contributed by atoms with Gasteiger partial charge in [-0.25, -0.2) is 0 Å². The number of hydrogen-bond donors (Lipinski definition) is 1. The summed E-state index contributed by atoms with van der Waals surface area (Å²) in [5.74, 6) is -0.0568. The highest BCUT2D eigenvalue weighted by Gasteiger charge is 2.39. The molecule has 5 heteroatoms. The standard InChI is InChI=1S/C15H28N2O3/c1-6-8-20-9-7-17-11(2)10-12(18)16-13(14(17)19)15(3,4)5/h11,13H,6-10H2,1-5H3,(H,16,18). The lowest BCUT2D eigenvalue weighted by atomic mass is 9.86. The van der Waals surface area contributed by atoms with Gasteiger partial charge in [-0.15, -0.1) is 0 Å². The molecule has 20 heavy (non-hydrogen) atoms. The van der Waals surface area contributed by atoms with E-state index in [2.05, 4.69) is 12.2 Å². The van der Waals surface area contributed by atoms with Gasteiger partial charge in [-0.05, 0) is 18.8 Å². The van der Waals surface area contributed by atoms with Crippen LogP contribution in [0.15, 0.2) is 0 Å². The summed E-state index contributed by atoms with van der Waals surface area (Å²) in [6.45, 7) is 11.7. The molecule has 0 bridgehead atoms. The summed E-state index contributed by atoms with van der Waals surface area (Å²) in [7, 11) is 0. The van der Waals surface area contributed by atoms with E-state index in [9.17, 15) is 9.59 Å². The fraction of sp³-hybridized carbons (Fsp3) is 0.867. The molecule has 2 amide bonds. The number of nitrogens with one attached hydrogen (secondary N) is 1. The molecule has 0 aromatic heterocycles. The maximum Gasteiger partial charge on any atom is 0.246 e. The SMILES string of the molecule is CCCOCCN1C(=O)C(C(C)(C)C)NC(=O)CC1C. The smallest absolute Gasteiger partial charge is 0.246 e. The first kappa shape index (κ1) is 17.0. The average molecular weight is 284 g/mol. The molecule has 0 aromatic carbocycles. The van der Waals surface area contributed by atoms with Gasteiger partial charge in [-0.2, -0.15) is 0 Å². The molecule has 5 nitrogen and oxygen atoms in total. The number of hydrogen-bond acceptors (Lipinski definition) is 3. The third-order valence-corrected chi connectivity index (χ3v) is 3.54. The first-order valence-electron chi connectivity index (χ1n) is 7.45. The lowest BCUT2D eigenvalue weighted by Crippen LogP contribution is -2.53. The van der Waals surface area contributed by atoms with Crippen molar-refractivity contribution >= 4 is 11.8 Å². The number of nitrogens with zero attached hydrogens (tertiary/aromatic N) is 1. The summed E-state index contributed by atoms with van der Waals surface area (Å²) in [5.41, 5.74) is -0.292. The van der Waals surface area contributed by atoms with Crippen molar-refractivity contribution in [2.24, 2.45) is 5.41 Å². The fourth-order valence-corrected chi connectivity index (χ4v) is 2.37. The van der Waals surface area contributed by atoms with E-state index in [0.29, 0.717) is 26.2 Å². The van der Waals surface area contributed by atoms with Crippen LogP contribution in [-0.4, -0.2) is 48.6 Å². The zero-order valence-corrected chi connectivity index (χ0v) is 13.4. The molecule has 1 rings (SSSR count). The number of amides is 2. The highest BCUT2D eigenvalue weighted by Crippen LogP contribution is 2.24. The maximum atomic E-state index is 12.7. The summed E-state index contributed by atoms with van der Waals surface area (Å²) in [6, 6.07) is -0.550. The molecule has 2 atom stereocenters. The van der Waals surface area contributed by atoms with Gasteiger partial charge in [0.2, 0.25) is 11.8 Å². The summed E-state index contributed by atoms with van der Waals surface area (Å²) in [5, 5.41) is 2.86. The van der Waals surface area contributed by atoms with Gasteiger partial charge < -0.3 is 15.0 Å². The van der Waals surface area contributed by atoms with Crippen LogP contribution in [0.3, 0.4) is 0 Å². The maximum absolute atomic E-state index is 12.7. The quantitative estimate of drug-likeness (QED) is 0.780. The molecule has 116 valence electrons. The molecule has 1 aliphatic heterocycles. The molecular weight excluding hydrogens is 256 g/mol. The van der Waals surface area contributed by atoms with Crippen LogP contribution in [0.25, 0.3) is 0 Å². The van der Waals surface area contributed by atoms with Gasteiger partial charge in [0.05, 0.1) is 6.61 Å². The second-order valence-electron chi connectivity index (χ2n) is 6.56. The first-order valence-corrected chi connectivity index (χ1v) is 7.45. The minimum atomic E-state index is -0.467. The van der Waals surface area contributed by atoms with Crippen LogP contribution in [0, 0.1) is 5.41 Å². The molecule has 1 aliphatic rings. The van der Waals surface area contributed by atoms with Gasteiger partial charge in [0, 0.05) is 25.6 Å². The molecule has 0 aromatic rings. The largest absolute Gasteiger partial charge is 0.380 e. The van der Waals surface area contributed by atoms with E-state index in [1.54, 1.807) is 4.90 Å². The summed E-state index contributed by atoms with van der Waals surface area (Å²) < 4.78 is 5.47. The molecule has 0 saturated carbocycles. The van der Waals surface area contributed by atoms with Crippen LogP contribution >= 0.6 is 0 Å². The summed E-state index contributed by atoms with van der Waals surface area (Å²) in [4.78, 5) is 26.3. The predicted octanol–water partition coefficient (Wildman–Crippen LogP) is 1.56. The number of rotatable bonds is 5. The average Bonchev–Trinajstić information content (AvgIpc) is 2.43. The Kier molecular flexibility index (Phi) is 5.99. The van der Waals surface area contributed by atoms with Crippen LogP contribution in [0.1, 0.15) is 47.5 Å². The van der Waals surface area contributed by atoms with Crippen LogP contribution in [0.4, 0.5) is 0 Å². The topological polar surface area (TPSA) is 58.6 Å². The number of carbonyl (C=O) groups is 2. The van der Waals surface area contributed by atoms with Crippen molar-refractivity contribution in [3.05, 3.63) is 0 Å². The van der Waals surface area contributed by atoms with Gasteiger partial charge in [0.15, 0.2) is 0 Å². The Morgan fingerprint density at radius 1 is 1.30 bits per heavy atom. The van der Waals surface area contributed by atoms with Crippen LogP contribution in [0.5, 0.6) is 0 Å². The number of carbonyl (C=O) groups excluding carboxylic acids is 2. The zero-order valence-electron chi connectivity index (χ0n) is 13.4. The van der Waals surface area contributed by atoms with Crippen LogP contribution in [0.2, 0.25) is 0 Å². The Labute approximate surface area is 122 Å². The Morgan fingerprint density at radius 3 is 2.50 bits per heavy atom. The molecule has 1 heterocycles. The summed E-state index contributed by atoms with van der Waals surface area (Å²) >= 11 is 0. The van der Waals surface area contributed by atoms with E-state index in [4.69, 9.17) is 4.74 Å². The highest BCUT2D eigenvalue weighted by atomic mass is 16.5. The second kappa shape index (κ2) is 7.07. The first-order chi connectivity index (χ1) is 9.27. The third kappa shape index (κ3) is 4.47. The van der Waals surface area contributed by atoms with E-state index in [-0.39, 0.29) is 23.3 Å². The van der Waals surface area contributed by atoms with Crippen LogP contribution in [-0.2, 0) is 14.3 Å². The molecule has 0 spiro atoms. The van der Waals surface area contributed by atoms with Crippen molar-refractivity contribution in [3.8, 4) is 0 Å². The predicted molar refractivity (Wildman–Crippen MR) is 78.3 cm³/mol. The third-order valence-electron chi connectivity index (χ3n) is 3.54. The molecule has 1 fully saturated rings. The van der Waals surface area contributed by atoms with Crippen molar-refractivity contribution in [2.45, 2.75) is 59.5 Å². The monoisotopic (exact) mass is 284 g/mol. The highest BCUT2D eigenvalue weighted by molar-refractivity contribution is 5.91. The van der Waals surface area contributed by atoms with E-state index < -0.39 is 6.04 Å². The van der Waals surface area contributed by atoms with Gasteiger partial charge in [-0.3, -0.25) is 9.59 Å². The van der Waals surface area contributed by atoms with Gasteiger partial charge in [-0.1, -0.05) is 27.7 Å². The van der Waals surface area contributed by atoms with Crippen molar-refractivity contribution in [1.82, 2.24) is 10.2 Å². The Hall–Kier alpha value is -1.10. The molecular formula is C15H28N2O3. The Morgan fingerprint density at radius 2 is 1.95 bits per heavy atom. The second-order valence-corrected chi connectivity index (χ2v) is 6.56. The normalized spacial score (nSPS) is 24.6. The molecule has 2 unspecified atom stereocenters. The molecule has 0 radical (unpaired) electrons. The molecule has 1 saturated heterocycles. The van der Waals surface area contributed by atoms with Crippen molar-refractivity contribution in [1.29, 1.82) is 0 Å². The Bertz CT molecular complexity index is 350. The number of ether oxygens (including phenoxy) is 1. The van der Waals surface area contributed by atoms with E-state index in [1.807, 2.05) is 27.7 Å². The van der Waals surface area contributed by atoms with Crippen LogP contribution < -0.4 is 5.32 Å². The molecule has 1 N–H and O–H groups in total.